The second-order valence-electron chi connectivity index (χ2n) is 8.05. The van der Waals surface area contributed by atoms with Gasteiger partial charge in [0.05, 0.1) is 11.2 Å². The van der Waals surface area contributed by atoms with Crippen LogP contribution >= 0.6 is 0 Å². The third kappa shape index (κ3) is 4.91. The van der Waals surface area contributed by atoms with Crippen LogP contribution in [0.1, 0.15) is 0 Å². The highest BCUT2D eigenvalue weighted by atomic mass is 19.4. The van der Waals surface area contributed by atoms with Crippen LogP contribution in [0.4, 0.5) is 23.7 Å². The number of rotatable bonds is 5. The second-order valence-corrected chi connectivity index (χ2v) is 8.05. The number of halogens is 3. The number of aromatic nitrogens is 5. The zero-order valence-electron chi connectivity index (χ0n) is 19.0. The topological polar surface area (TPSA) is 124 Å². The van der Waals surface area contributed by atoms with Gasteiger partial charge in [-0.3, -0.25) is 19.4 Å². The first-order valence-electron chi connectivity index (χ1n) is 10.7. The summed E-state index contributed by atoms with van der Waals surface area (Å²) in [6.07, 6.45) is -4.05. The van der Waals surface area contributed by atoms with Crippen LogP contribution in [0.5, 0.6) is 5.88 Å². The number of nitrogens with zero attached hydrogens (tertiary/aromatic N) is 5. The van der Waals surface area contributed by atoms with Gasteiger partial charge in [0.2, 0.25) is 5.88 Å². The fourth-order valence-electron chi connectivity index (χ4n) is 3.82. The summed E-state index contributed by atoms with van der Waals surface area (Å²) >= 11 is 0. The lowest BCUT2D eigenvalue weighted by Crippen LogP contribution is -2.24. The van der Waals surface area contributed by atoms with Crippen molar-refractivity contribution in [3.05, 3.63) is 71.1 Å². The Bertz CT molecular complexity index is 1710. The molecule has 3 heterocycles. The first-order valence-corrected chi connectivity index (χ1v) is 10.7. The van der Waals surface area contributed by atoms with Gasteiger partial charge in [0.1, 0.15) is 11.2 Å². The van der Waals surface area contributed by atoms with Crippen molar-refractivity contribution in [3.63, 3.8) is 0 Å². The highest BCUT2D eigenvalue weighted by Gasteiger charge is 2.29. The normalized spacial score (nSPS) is 11.7. The predicted octanol–water partition coefficient (Wildman–Crippen LogP) is 4.37. The Balaban J connectivity index is 1.70. The molecule has 0 saturated carbocycles. The summed E-state index contributed by atoms with van der Waals surface area (Å²) in [7, 11) is 1.77. The molecular weight excluding hydrogens is 493 g/mol. The molecule has 2 N–H and O–H groups in total. The molecule has 13 heteroatoms. The molecule has 2 aromatic carbocycles. The molecule has 0 aliphatic heterocycles. The Morgan fingerprint density at radius 1 is 1.05 bits per heavy atom. The van der Waals surface area contributed by atoms with E-state index in [9.17, 15) is 22.8 Å². The number of pyridine rings is 1. The number of hydrogen-bond acceptors (Lipinski definition) is 6. The van der Waals surface area contributed by atoms with E-state index < -0.39 is 24.4 Å². The molecule has 0 radical (unpaired) electrons. The molecule has 0 spiro atoms. The van der Waals surface area contributed by atoms with Crippen LogP contribution in [-0.4, -0.2) is 48.3 Å². The molecular formula is C24H17F3N6O4. The van der Waals surface area contributed by atoms with E-state index in [1.165, 1.54) is 41.0 Å². The summed E-state index contributed by atoms with van der Waals surface area (Å²) < 4.78 is 45.6. The van der Waals surface area contributed by atoms with E-state index in [0.717, 1.165) is 10.9 Å². The molecule has 37 heavy (non-hydrogen) atoms. The maximum absolute atomic E-state index is 13.7. The summed E-state index contributed by atoms with van der Waals surface area (Å²) in [5, 5.41) is 16.2. The molecule has 10 nitrogen and oxygen atoms in total. The number of carbonyl (C=O) groups is 1. The number of anilines is 1. The minimum Gasteiger partial charge on any atom is -0.468 e. The molecule has 0 fully saturated rings. The Morgan fingerprint density at radius 3 is 2.49 bits per heavy atom. The van der Waals surface area contributed by atoms with Crippen molar-refractivity contribution in [1.82, 2.24) is 24.3 Å². The zero-order valence-corrected chi connectivity index (χ0v) is 19.0. The Hall–Kier alpha value is -4.94. The molecule has 0 bridgehead atoms. The number of hydrogen-bond donors (Lipinski definition) is 2. The Morgan fingerprint density at radius 2 is 1.78 bits per heavy atom. The van der Waals surface area contributed by atoms with Crippen LogP contribution in [-0.2, 0) is 7.05 Å². The second kappa shape index (κ2) is 8.93. The largest absolute Gasteiger partial charge is 0.468 e. The maximum Gasteiger partial charge on any atom is 0.422 e. The van der Waals surface area contributed by atoms with Crippen molar-refractivity contribution in [2.45, 2.75) is 6.18 Å². The highest BCUT2D eigenvalue weighted by Crippen LogP contribution is 2.25. The van der Waals surface area contributed by atoms with E-state index in [4.69, 9.17) is 9.84 Å². The average Bonchev–Trinajstić information content (AvgIpc) is 3.21. The van der Waals surface area contributed by atoms with Gasteiger partial charge >= 0.3 is 12.3 Å². The lowest BCUT2D eigenvalue weighted by molar-refractivity contribution is -0.154. The van der Waals surface area contributed by atoms with Crippen molar-refractivity contribution in [1.29, 1.82) is 0 Å². The fraction of sp³-hybridized carbons (Fsp3) is 0.125. The number of carboxylic acid groups (broad SMARTS) is 1. The predicted molar refractivity (Wildman–Crippen MR) is 128 cm³/mol. The molecule has 3 aromatic heterocycles. The van der Waals surface area contributed by atoms with E-state index in [1.807, 2.05) is 0 Å². The van der Waals surface area contributed by atoms with Gasteiger partial charge in [-0.05, 0) is 42.5 Å². The highest BCUT2D eigenvalue weighted by molar-refractivity contribution is 5.85. The van der Waals surface area contributed by atoms with Gasteiger partial charge in [0, 0.05) is 35.9 Å². The van der Waals surface area contributed by atoms with E-state index >= 15 is 0 Å². The quantitative estimate of drug-likeness (QED) is 0.360. The molecule has 0 unspecified atom stereocenters. The van der Waals surface area contributed by atoms with Crippen LogP contribution < -0.4 is 15.6 Å². The van der Waals surface area contributed by atoms with Gasteiger partial charge in [-0.1, -0.05) is 6.07 Å². The van der Waals surface area contributed by atoms with Crippen molar-refractivity contribution < 1.29 is 27.8 Å². The van der Waals surface area contributed by atoms with Crippen molar-refractivity contribution >= 4 is 33.8 Å². The van der Waals surface area contributed by atoms with E-state index in [1.54, 1.807) is 36.1 Å². The van der Waals surface area contributed by atoms with Crippen molar-refractivity contribution in [2.75, 3.05) is 11.9 Å². The lowest BCUT2D eigenvalue weighted by Gasteiger charge is -2.14. The summed E-state index contributed by atoms with van der Waals surface area (Å²) in [6.45, 7) is -1.55. The molecule has 0 aliphatic carbocycles. The fourth-order valence-corrected chi connectivity index (χ4v) is 3.82. The average molecular weight is 510 g/mol. The first kappa shape index (κ1) is 23.8. The van der Waals surface area contributed by atoms with E-state index in [-0.39, 0.29) is 34.1 Å². The van der Waals surface area contributed by atoms with Crippen LogP contribution in [0.2, 0.25) is 0 Å². The molecule has 5 aromatic rings. The van der Waals surface area contributed by atoms with E-state index in [2.05, 4.69) is 20.4 Å². The zero-order chi connectivity index (χ0) is 26.3. The van der Waals surface area contributed by atoms with Crippen molar-refractivity contribution in [3.8, 4) is 22.8 Å². The van der Waals surface area contributed by atoms with Crippen LogP contribution in [0.25, 0.3) is 39.0 Å². The third-order valence-corrected chi connectivity index (χ3v) is 5.33. The molecule has 5 rings (SSSR count). The third-order valence-electron chi connectivity index (χ3n) is 5.33. The van der Waals surface area contributed by atoms with Crippen LogP contribution in [0.15, 0.2) is 65.6 Å². The molecule has 0 saturated heterocycles. The molecule has 1 amide bonds. The standard InChI is InChI=1S/C24H17F3N6O4/c1-32-11-14-10-13(2-7-17(14)31-32)20-22(34)33(16-5-3-15(4-6-16)28-23(35)36)21-18(29-20)8-9-19(30-21)37-12-24(25,26)27/h2-11,28H,12H2,1H3,(H,35,36). The summed E-state index contributed by atoms with van der Waals surface area (Å²) in [5.74, 6) is -0.339. The number of ether oxygens (including phenoxy) is 1. The summed E-state index contributed by atoms with van der Waals surface area (Å²) in [4.78, 5) is 33.2. The Labute approximate surface area is 205 Å². The minimum atomic E-state index is -4.57. The number of fused-ring (bicyclic) bond motifs is 2. The van der Waals surface area contributed by atoms with Gasteiger partial charge in [-0.15, -0.1) is 0 Å². The first-order chi connectivity index (χ1) is 17.6. The van der Waals surface area contributed by atoms with Crippen molar-refractivity contribution in [2.24, 2.45) is 7.05 Å². The maximum atomic E-state index is 13.7. The van der Waals surface area contributed by atoms with Gasteiger partial charge < -0.3 is 9.84 Å². The van der Waals surface area contributed by atoms with E-state index in [0.29, 0.717) is 5.56 Å². The summed E-state index contributed by atoms with van der Waals surface area (Å²) in [6, 6.07) is 13.7. The lowest BCUT2D eigenvalue weighted by atomic mass is 10.1. The number of benzene rings is 2. The monoisotopic (exact) mass is 510 g/mol. The van der Waals surface area contributed by atoms with Crippen LogP contribution in [0, 0.1) is 0 Å². The number of alkyl halides is 3. The SMILES string of the molecule is Cn1cc2cc(-c3nc4ccc(OCC(F)(F)F)nc4n(-c4ccc(NC(=O)O)cc4)c3=O)ccc2n1. The number of aryl methyl sites for hydroxylation is 1. The van der Waals surface area contributed by atoms with Gasteiger partial charge in [-0.2, -0.15) is 23.3 Å². The molecule has 0 aliphatic rings. The van der Waals surface area contributed by atoms with Gasteiger partial charge in [-0.25, -0.2) is 9.78 Å². The molecule has 188 valence electrons. The smallest absolute Gasteiger partial charge is 0.422 e. The van der Waals surface area contributed by atoms with Gasteiger partial charge in [0.25, 0.3) is 5.56 Å². The summed E-state index contributed by atoms with van der Waals surface area (Å²) in [5.41, 5.74) is 1.46. The number of nitrogens with one attached hydrogen (secondary N) is 1. The van der Waals surface area contributed by atoms with Crippen LogP contribution in [0.3, 0.4) is 0 Å². The Kier molecular flexibility index (Phi) is 5.74. The van der Waals surface area contributed by atoms with Gasteiger partial charge in [0.15, 0.2) is 12.3 Å². The number of amides is 1. The molecule has 0 atom stereocenters. The minimum absolute atomic E-state index is 0.0326.